The molecule has 0 aliphatic carbocycles. The highest BCUT2D eigenvalue weighted by Crippen LogP contribution is 2.18. The largest absolute Gasteiger partial charge is 0.497 e. The molecule has 2 rings (SSSR count). The third-order valence-corrected chi connectivity index (χ3v) is 3.74. The molecule has 2 unspecified atom stereocenters. The number of hydrogen-bond donors (Lipinski definition) is 1. The predicted octanol–water partition coefficient (Wildman–Crippen LogP) is 1.78. The van der Waals surface area contributed by atoms with Crippen LogP contribution in [0.5, 0.6) is 11.5 Å². The summed E-state index contributed by atoms with van der Waals surface area (Å²) < 4.78 is 10.8. The number of β-amino-alcohol motifs (C(OH)–C–C–N with tert-alkyl or cyclic N) is 1. The van der Waals surface area contributed by atoms with Crippen LogP contribution in [0.3, 0.4) is 0 Å². The summed E-state index contributed by atoms with van der Waals surface area (Å²) in [5.74, 6) is 2.10. The van der Waals surface area contributed by atoms with Gasteiger partial charge in [-0.1, -0.05) is 6.92 Å². The number of nitrogens with zero attached hydrogens (tertiary/aromatic N) is 1. The number of piperidine rings is 1. The van der Waals surface area contributed by atoms with Crippen molar-refractivity contribution >= 4 is 0 Å². The first-order valence-electron chi connectivity index (χ1n) is 6.86. The number of benzene rings is 1. The molecule has 2 atom stereocenters. The fraction of sp³-hybridized carbons (Fsp3) is 0.600. The summed E-state index contributed by atoms with van der Waals surface area (Å²) in [7, 11) is 1.65. The van der Waals surface area contributed by atoms with Crippen LogP contribution in [0.4, 0.5) is 0 Å². The van der Waals surface area contributed by atoms with Crippen LogP contribution in [0, 0.1) is 5.92 Å². The lowest BCUT2D eigenvalue weighted by Crippen LogP contribution is -2.44. The van der Waals surface area contributed by atoms with E-state index in [9.17, 15) is 5.11 Å². The van der Waals surface area contributed by atoms with E-state index in [4.69, 9.17) is 9.47 Å². The van der Waals surface area contributed by atoms with Gasteiger partial charge in [0.25, 0.3) is 0 Å². The molecular weight excluding hydrogens is 242 g/mol. The molecule has 1 N–H and O–H groups in total. The Bertz CT molecular complexity index is 379. The molecule has 4 nitrogen and oxygen atoms in total. The second-order valence-electron chi connectivity index (χ2n) is 5.16. The maximum atomic E-state index is 9.83. The third kappa shape index (κ3) is 4.11. The van der Waals surface area contributed by atoms with Crippen molar-refractivity contribution < 1.29 is 14.6 Å². The lowest BCUT2D eigenvalue weighted by molar-refractivity contribution is 0.0244. The fourth-order valence-corrected chi connectivity index (χ4v) is 2.28. The van der Waals surface area contributed by atoms with Crippen molar-refractivity contribution in [1.82, 2.24) is 4.90 Å². The molecule has 0 saturated carbocycles. The maximum absolute atomic E-state index is 9.83. The molecule has 1 fully saturated rings. The van der Waals surface area contributed by atoms with Crippen molar-refractivity contribution in [1.29, 1.82) is 0 Å². The topological polar surface area (TPSA) is 41.9 Å². The van der Waals surface area contributed by atoms with E-state index in [2.05, 4.69) is 11.8 Å². The quantitative estimate of drug-likeness (QED) is 0.881. The van der Waals surface area contributed by atoms with E-state index < -0.39 is 0 Å². The summed E-state index contributed by atoms with van der Waals surface area (Å²) >= 11 is 0. The first kappa shape index (κ1) is 14.2. The lowest BCUT2D eigenvalue weighted by atomic mass is 9.96. The van der Waals surface area contributed by atoms with Crippen molar-refractivity contribution in [3.8, 4) is 11.5 Å². The van der Waals surface area contributed by atoms with Crippen molar-refractivity contribution in [2.24, 2.45) is 5.92 Å². The Kier molecular flexibility index (Phi) is 5.05. The van der Waals surface area contributed by atoms with Crippen LogP contribution in [0.1, 0.15) is 13.3 Å². The zero-order chi connectivity index (χ0) is 13.7. The molecule has 0 spiro atoms. The number of ether oxygens (including phenoxy) is 2. The third-order valence-electron chi connectivity index (χ3n) is 3.74. The fourth-order valence-electron chi connectivity index (χ4n) is 2.28. The maximum Gasteiger partial charge on any atom is 0.119 e. The van der Waals surface area contributed by atoms with E-state index in [0.717, 1.165) is 37.6 Å². The average Bonchev–Trinajstić information content (AvgIpc) is 2.43. The summed E-state index contributed by atoms with van der Waals surface area (Å²) in [6, 6.07) is 7.60. The van der Waals surface area contributed by atoms with Gasteiger partial charge in [0, 0.05) is 13.1 Å². The van der Waals surface area contributed by atoms with E-state index in [1.807, 2.05) is 24.3 Å². The monoisotopic (exact) mass is 265 g/mol. The van der Waals surface area contributed by atoms with Crippen molar-refractivity contribution in [3.05, 3.63) is 24.3 Å². The van der Waals surface area contributed by atoms with E-state index in [1.54, 1.807) is 7.11 Å². The molecule has 0 amide bonds. The zero-order valence-corrected chi connectivity index (χ0v) is 11.7. The number of rotatable bonds is 5. The van der Waals surface area contributed by atoms with Gasteiger partial charge >= 0.3 is 0 Å². The predicted molar refractivity (Wildman–Crippen MR) is 74.7 cm³/mol. The highest BCUT2D eigenvalue weighted by molar-refractivity contribution is 5.31. The second-order valence-corrected chi connectivity index (χ2v) is 5.16. The van der Waals surface area contributed by atoms with E-state index in [1.165, 1.54) is 0 Å². The van der Waals surface area contributed by atoms with Gasteiger partial charge in [-0.05, 0) is 43.1 Å². The van der Waals surface area contributed by atoms with Crippen LogP contribution in [-0.4, -0.2) is 49.5 Å². The molecule has 106 valence electrons. The molecule has 1 saturated heterocycles. The van der Waals surface area contributed by atoms with Gasteiger partial charge in [0.1, 0.15) is 18.1 Å². The first-order chi connectivity index (χ1) is 9.19. The molecule has 19 heavy (non-hydrogen) atoms. The standard InChI is InChI=1S/C15H23NO3/c1-12-7-8-16(11-15(12)17)9-10-19-14-5-3-13(18-2)4-6-14/h3-6,12,15,17H,7-11H2,1-2H3. The summed E-state index contributed by atoms with van der Waals surface area (Å²) in [4.78, 5) is 2.26. The molecule has 0 aromatic heterocycles. The molecule has 1 aromatic rings. The molecule has 1 aliphatic rings. The SMILES string of the molecule is COc1ccc(OCCN2CCC(C)C(O)C2)cc1. The van der Waals surface area contributed by atoms with E-state index in [-0.39, 0.29) is 6.10 Å². The van der Waals surface area contributed by atoms with Gasteiger partial charge in [-0.15, -0.1) is 0 Å². The van der Waals surface area contributed by atoms with Gasteiger partial charge in [-0.3, -0.25) is 4.90 Å². The Morgan fingerprint density at radius 1 is 1.26 bits per heavy atom. The van der Waals surface area contributed by atoms with Crippen molar-refractivity contribution in [2.45, 2.75) is 19.4 Å². The van der Waals surface area contributed by atoms with Gasteiger partial charge < -0.3 is 14.6 Å². The Morgan fingerprint density at radius 3 is 2.58 bits per heavy atom. The number of methoxy groups -OCH3 is 1. The van der Waals surface area contributed by atoms with Crippen LogP contribution in [-0.2, 0) is 0 Å². The molecular formula is C15H23NO3. The van der Waals surface area contributed by atoms with Crippen LogP contribution in [0.15, 0.2) is 24.3 Å². The van der Waals surface area contributed by atoms with Gasteiger partial charge in [0.2, 0.25) is 0 Å². The summed E-state index contributed by atoms with van der Waals surface area (Å²) in [5.41, 5.74) is 0. The Morgan fingerprint density at radius 2 is 1.95 bits per heavy atom. The smallest absolute Gasteiger partial charge is 0.119 e. The van der Waals surface area contributed by atoms with Gasteiger partial charge in [0.15, 0.2) is 0 Å². The Balaban J connectivity index is 1.71. The number of aliphatic hydroxyl groups excluding tert-OH is 1. The average molecular weight is 265 g/mol. The summed E-state index contributed by atoms with van der Waals surface area (Å²) in [5, 5.41) is 9.83. The Labute approximate surface area is 114 Å². The molecule has 1 aliphatic heterocycles. The van der Waals surface area contributed by atoms with Gasteiger partial charge in [0.05, 0.1) is 13.2 Å². The van der Waals surface area contributed by atoms with Crippen LogP contribution >= 0.6 is 0 Å². The normalized spacial score (nSPS) is 24.2. The zero-order valence-electron chi connectivity index (χ0n) is 11.7. The molecule has 0 bridgehead atoms. The minimum Gasteiger partial charge on any atom is -0.497 e. The molecule has 0 radical (unpaired) electrons. The summed E-state index contributed by atoms with van der Waals surface area (Å²) in [6.07, 6.45) is 0.860. The van der Waals surface area contributed by atoms with Gasteiger partial charge in [-0.2, -0.15) is 0 Å². The Hall–Kier alpha value is -1.26. The highest BCUT2D eigenvalue weighted by Gasteiger charge is 2.23. The van der Waals surface area contributed by atoms with Crippen LogP contribution in [0.2, 0.25) is 0 Å². The molecule has 1 aromatic carbocycles. The lowest BCUT2D eigenvalue weighted by Gasteiger charge is -2.34. The molecule has 4 heteroatoms. The number of aliphatic hydroxyl groups is 1. The minimum absolute atomic E-state index is 0.199. The highest BCUT2D eigenvalue weighted by atomic mass is 16.5. The van der Waals surface area contributed by atoms with Crippen molar-refractivity contribution in [3.63, 3.8) is 0 Å². The van der Waals surface area contributed by atoms with E-state index in [0.29, 0.717) is 12.5 Å². The van der Waals surface area contributed by atoms with E-state index >= 15 is 0 Å². The first-order valence-corrected chi connectivity index (χ1v) is 6.86. The van der Waals surface area contributed by atoms with Crippen molar-refractivity contribution in [2.75, 3.05) is 33.4 Å². The van der Waals surface area contributed by atoms with Crippen LogP contribution in [0.25, 0.3) is 0 Å². The minimum atomic E-state index is -0.199. The second kappa shape index (κ2) is 6.78. The summed E-state index contributed by atoms with van der Waals surface area (Å²) in [6.45, 7) is 5.41. The number of likely N-dealkylation sites (tertiary alicyclic amines) is 1. The number of hydrogen-bond acceptors (Lipinski definition) is 4. The van der Waals surface area contributed by atoms with Gasteiger partial charge in [-0.25, -0.2) is 0 Å². The molecule has 1 heterocycles. The van der Waals surface area contributed by atoms with Crippen LogP contribution < -0.4 is 9.47 Å².